The van der Waals surface area contributed by atoms with E-state index in [0.717, 1.165) is 28.5 Å². The topological polar surface area (TPSA) is 180 Å². The highest BCUT2D eigenvalue weighted by molar-refractivity contribution is 5.95. The number of benzene rings is 2. The third kappa shape index (κ3) is 10.1. The van der Waals surface area contributed by atoms with Gasteiger partial charge in [-0.25, -0.2) is 0 Å². The third-order valence-corrected chi connectivity index (χ3v) is 9.08. The number of H-pyrrole nitrogens is 1. The van der Waals surface area contributed by atoms with Gasteiger partial charge in [-0.3, -0.25) is 24.0 Å². The lowest BCUT2D eigenvalue weighted by Crippen LogP contribution is -2.58. The van der Waals surface area contributed by atoms with Crippen molar-refractivity contribution in [3.63, 3.8) is 0 Å². The van der Waals surface area contributed by atoms with Crippen LogP contribution in [0.2, 0.25) is 0 Å². The summed E-state index contributed by atoms with van der Waals surface area (Å²) in [6, 6.07) is 11.7. The zero-order chi connectivity index (χ0) is 36.3. The molecule has 2 bridgehead atoms. The number of hydrogen-bond acceptors (Lipinski definition) is 8. The monoisotopic (exact) mass is 704 g/mol. The molecule has 0 aliphatic carbocycles. The Labute approximate surface area is 297 Å². The van der Waals surface area contributed by atoms with E-state index >= 15 is 0 Å². The van der Waals surface area contributed by atoms with E-state index in [1.807, 2.05) is 38.1 Å². The molecule has 3 aliphatic rings. The number of fused-ring (bicyclic) bond motifs is 18. The van der Waals surface area contributed by atoms with Crippen molar-refractivity contribution in [2.24, 2.45) is 5.92 Å². The van der Waals surface area contributed by atoms with Crippen LogP contribution in [-0.4, -0.2) is 110 Å². The number of aromatic nitrogens is 1. The number of methoxy groups -OCH3 is 1. The highest BCUT2D eigenvalue weighted by atomic mass is 16.5. The Bertz CT molecular complexity index is 1670. The number of hydrogen-bond donors (Lipinski definition) is 5. The lowest BCUT2D eigenvalue weighted by molar-refractivity contribution is -0.141. The Balaban J connectivity index is 1.50. The lowest BCUT2D eigenvalue weighted by atomic mass is 10.0. The molecule has 2 aromatic carbocycles. The first-order valence-electron chi connectivity index (χ1n) is 17.5. The molecule has 14 nitrogen and oxygen atoms in total. The van der Waals surface area contributed by atoms with Crippen LogP contribution in [0, 0.1) is 5.92 Å². The average molecular weight is 705 g/mol. The van der Waals surface area contributed by atoms with Crippen molar-refractivity contribution in [2.75, 3.05) is 46.6 Å². The molecule has 51 heavy (non-hydrogen) atoms. The number of carbonyl (C=O) groups excluding carboxylic acids is 5. The minimum Gasteiger partial charge on any atom is -0.492 e. The minimum atomic E-state index is -1.13. The maximum Gasteiger partial charge on any atom is 0.249 e. The van der Waals surface area contributed by atoms with Gasteiger partial charge in [0.25, 0.3) is 0 Å². The molecule has 14 heteroatoms. The second-order valence-electron chi connectivity index (χ2n) is 13.2. The van der Waals surface area contributed by atoms with E-state index < -0.39 is 47.9 Å². The summed E-state index contributed by atoms with van der Waals surface area (Å²) >= 11 is 0. The quantitative estimate of drug-likeness (QED) is 0.217. The molecule has 5 amide bonds. The van der Waals surface area contributed by atoms with Crippen LogP contribution in [0.3, 0.4) is 0 Å². The van der Waals surface area contributed by atoms with Crippen molar-refractivity contribution in [3.8, 4) is 5.75 Å². The number of carbonyl (C=O) groups is 5. The Morgan fingerprint density at radius 3 is 2.53 bits per heavy atom. The van der Waals surface area contributed by atoms with Crippen LogP contribution in [0.5, 0.6) is 5.75 Å². The van der Waals surface area contributed by atoms with Crippen LogP contribution >= 0.6 is 0 Å². The molecular formula is C37H48N6O8. The predicted molar refractivity (Wildman–Crippen MR) is 189 cm³/mol. The maximum atomic E-state index is 14.5. The average Bonchev–Trinajstić information content (AvgIpc) is 3.81. The standard InChI is InChI=1S/C37H48N6O8/c1-23(2)33-36(47)38-14-17-50-26-12-10-24(11-13-26)19-29(40-35(46)31-9-6-16-51-31)34(45)41-30(20-25-21-39-28-8-5-4-7-27(25)28)37(48)43(15-18-49-3)22-32(44)42-33/h4-5,7-8,10-13,21,23,29-31,33,39H,6,9,14-20,22H2,1-3H3,(H,38,47)(H,40,46)(H,41,45)(H,42,44)/t29-,30-,31-,33-/m0/s1. The van der Waals surface area contributed by atoms with E-state index in [2.05, 4.69) is 26.3 Å². The van der Waals surface area contributed by atoms with Gasteiger partial charge in [0.15, 0.2) is 0 Å². The van der Waals surface area contributed by atoms with Crippen molar-refractivity contribution in [3.05, 3.63) is 65.9 Å². The van der Waals surface area contributed by atoms with E-state index in [1.165, 1.54) is 12.0 Å². The van der Waals surface area contributed by atoms with Crippen LogP contribution in [0.1, 0.15) is 37.8 Å². The van der Waals surface area contributed by atoms with E-state index in [4.69, 9.17) is 14.2 Å². The summed E-state index contributed by atoms with van der Waals surface area (Å²) in [7, 11) is 1.49. The second kappa shape index (κ2) is 17.8. The smallest absolute Gasteiger partial charge is 0.249 e. The fraction of sp³-hybridized carbons (Fsp3) is 0.486. The molecule has 0 saturated carbocycles. The van der Waals surface area contributed by atoms with Gasteiger partial charge in [0, 0.05) is 50.2 Å². The van der Waals surface area contributed by atoms with Crippen LogP contribution < -0.4 is 26.0 Å². The summed E-state index contributed by atoms with van der Waals surface area (Å²) in [5.74, 6) is -2.10. The largest absolute Gasteiger partial charge is 0.492 e. The van der Waals surface area contributed by atoms with Gasteiger partial charge in [-0.2, -0.15) is 0 Å². The number of nitrogens with one attached hydrogen (secondary N) is 5. The molecule has 1 fully saturated rings. The van der Waals surface area contributed by atoms with Crippen molar-refractivity contribution >= 4 is 40.4 Å². The molecule has 6 rings (SSSR count). The second-order valence-corrected chi connectivity index (χ2v) is 13.2. The molecule has 0 spiro atoms. The van der Waals surface area contributed by atoms with Crippen molar-refractivity contribution in [1.29, 1.82) is 0 Å². The van der Waals surface area contributed by atoms with Gasteiger partial charge in [-0.15, -0.1) is 0 Å². The number of rotatable bonds is 8. The van der Waals surface area contributed by atoms with Gasteiger partial charge in [0.2, 0.25) is 29.5 Å². The van der Waals surface area contributed by atoms with Gasteiger partial charge in [0.05, 0.1) is 19.7 Å². The van der Waals surface area contributed by atoms with Crippen LogP contribution in [0.25, 0.3) is 10.9 Å². The zero-order valence-electron chi connectivity index (χ0n) is 29.4. The molecule has 3 aromatic rings. The van der Waals surface area contributed by atoms with Gasteiger partial charge >= 0.3 is 0 Å². The zero-order valence-corrected chi connectivity index (χ0v) is 29.4. The molecule has 4 atom stereocenters. The highest BCUT2D eigenvalue weighted by Gasteiger charge is 2.34. The van der Waals surface area contributed by atoms with Crippen LogP contribution in [0.15, 0.2) is 54.7 Å². The van der Waals surface area contributed by atoms with Gasteiger partial charge in [-0.1, -0.05) is 44.2 Å². The van der Waals surface area contributed by atoms with E-state index in [1.54, 1.807) is 30.5 Å². The molecule has 0 unspecified atom stereocenters. The maximum absolute atomic E-state index is 14.5. The van der Waals surface area contributed by atoms with E-state index in [-0.39, 0.29) is 57.5 Å². The summed E-state index contributed by atoms with van der Waals surface area (Å²) in [5.41, 5.74) is 2.39. The summed E-state index contributed by atoms with van der Waals surface area (Å²) < 4.78 is 16.7. The number of amides is 5. The number of ether oxygens (including phenoxy) is 3. The molecule has 1 aromatic heterocycles. The first-order valence-corrected chi connectivity index (χ1v) is 17.5. The number of para-hydroxylation sites is 1. The first-order chi connectivity index (χ1) is 24.6. The Kier molecular flexibility index (Phi) is 13.0. The normalized spacial score (nSPS) is 22.7. The summed E-state index contributed by atoms with van der Waals surface area (Å²) in [6.07, 6.45) is 2.62. The minimum absolute atomic E-state index is 0.0461. The van der Waals surface area contributed by atoms with Gasteiger partial charge in [0.1, 0.15) is 36.6 Å². The molecule has 0 radical (unpaired) electrons. The lowest BCUT2D eigenvalue weighted by Gasteiger charge is -2.30. The fourth-order valence-corrected chi connectivity index (χ4v) is 6.28. The van der Waals surface area contributed by atoms with Gasteiger partial charge in [-0.05, 0) is 48.1 Å². The summed E-state index contributed by atoms with van der Waals surface area (Å²) in [4.78, 5) is 73.0. The summed E-state index contributed by atoms with van der Waals surface area (Å²) in [6.45, 7) is 4.26. The SMILES string of the molecule is COCCN1CC(=O)N[C@@H](C(C)C)C(=O)NCCOc2ccc(cc2)C[C@H](NC(=O)[C@@H]2CCCO2)C(=O)N[C@@H](Cc2c[nH]c3ccccc23)C1=O. The Morgan fingerprint density at radius 2 is 1.80 bits per heavy atom. The molecule has 274 valence electrons. The predicted octanol–water partition coefficient (Wildman–Crippen LogP) is 1.23. The number of aromatic amines is 1. The van der Waals surface area contributed by atoms with Crippen LogP contribution in [0.4, 0.5) is 0 Å². The Morgan fingerprint density at radius 1 is 1.02 bits per heavy atom. The molecule has 3 aliphatic heterocycles. The molecular weight excluding hydrogens is 656 g/mol. The van der Waals surface area contributed by atoms with E-state index in [0.29, 0.717) is 18.8 Å². The first kappa shape index (κ1) is 37.3. The Hall–Kier alpha value is -4.95. The third-order valence-electron chi connectivity index (χ3n) is 9.08. The van der Waals surface area contributed by atoms with Crippen LogP contribution in [-0.2, 0) is 46.3 Å². The van der Waals surface area contributed by atoms with E-state index in [9.17, 15) is 24.0 Å². The van der Waals surface area contributed by atoms with Crippen molar-refractivity contribution in [2.45, 2.75) is 63.8 Å². The highest BCUT2D eigenvalue weighted by Crippen LogP contribution is 2.21. The molecule has 4 heterocycles. The number of nitrogens with zero attached hydrogens (tertiary/aromatic N) is 1. The van der Waals surface area contributed by atoms with Crippen molar-refractivity contribution in [1.82, 2.24) is 31.2 Å². The van der Waals surface area contributed by atoms with Gasteiger partial charge < -0.3 is 45.4 Å². The fourth-order valence-electron chi connectivity index (χ4n) is 6.28. The summed E-state index contributed by atoms with van der Waals surface area (Å²) in [5, 5.41) is 12.3. The molecule has 1 saturated heterocycles. The van der Waals surface area contributed by atoms with Crippen molar-refractivity contribution < 1.29 is 38.2 Å². The molecule has 5 N–H and O–H groups in total.